The first kappa shape index (κ1) is 19.1. The van der Waals surface area contributed by atoms with E-state index < -0.39 is 5.41 Å². The number of fused-ring (bicyclic) bond motifs is 1. The van der Waals surface area contributed by atoms with Gasteiger partial charge in [0.15, 0.2) is 0 Å². The average Bonchev–Trinajstić information content (AvgIpc) is 2.71. The maximum atomic E-state index is 12.7. The van der Waals surface area contributed by atoms with Crippen LogP contribution in [-0.2, 0) is 17.8 Å². The molecule has 7 heteroatoms. The summed E-state index contributed by atoms with van der Waals surface area (Å²) in [4.78, 5) is 30.8. The molecule has 1 N–H and O–H groups in total. The van der Waals surface area contributed by atoms with E-state index in [-0.39, 0.29) is 11.9 Å². The molecule has 0 unspecified atom stereocenters. The third-order valence-corrected chi connectivity index (χ3v) is 5.53. The number of hydrogen-bond acceptors (Lipinski definition) is 4. The Morgan fingerprint density at radius 2 is 1.90 bits per heavy atom. The number of anilines is 1. The SMILES string of the molecule is CN1N=C(c2ccc(NC(=O)N3CCc4cnccc4C3)cc2)CC(C)(C)C1=O. The van der Waals surface area contributed by atoms with E-state index in [4.69, 9.17) is 0 Å². The zero-order valence-electron chi connectivity index (χ0n) is 17.0. The van der Waals surface area contributed by atoms with Gasteiger partial charge in [0.1, 0.15) is 0 Å². The highest BCUT2D eigenvalue weighted by atomic mass is 16.2. The number of urea groups is 1. The van der Waals surface area contributed by atoms with Crippen molar-refractivity contribution in [3.63, 3.8) is 0 Å². The summed E-state index contributed by atoms with van der Waals surface area (Å²) in [5.74, 6) is 0.0176. The molecule has 2 aliphatic rings. The molecule has 0 atom stereocenters. The first-order valence-corrected chi connectivity index (χ1v) is 9.77. The molecular formula is C22H25N5O2. The Kier molecular flexibility index (Phi) is 4.82. The third-order valence-electron chi connectivity index (χ3n) is 5.53. The van der Waals surface area contributed by atoms with Gasteiger partial charge in [-0.05, 0) is 41.3 Å². The number of rotatable bonds is 2. The zero-order valence-corrected chi connectivity index (χ0v) is 17.0. The van der Waals surface area contributed by atoms with Gasteiger partial charge in [0, 0.05) is 44.6 Å². The molecule has 7 nitrogen and oxygen atoms in total. The molecule has 4 rings (SSSR count). The molecule has 0 radical (unpaired) electrons. The summed E-state index contributed by atoms with van der Waals surface area (Å²) in [7, 11) is 1.69. The van der Waals surface area contributed by atoms with Crippen molar-refractivity contribution in [3.05, 3.63) is 59.4 Å². The summed E-state index contributed by atoms with van der Waals surface area (Å²) in [6.45, 7) is 5.13. The molecule has 150 valence electrons. The molecule has 0 aliphatic carbocycles. The van der Waals surface area contributed by atoms with Gasteiger partial charge in [-0.15, -0.1) is 0 Å². The average molecular weight is 391 g/mol. The van der Waals surface area contributed by atoms with Crippen molar-refractivity contribution in [3.8, 4) is 0 Å². The van der Waals surface area contributed by atoms with Crippen LogP contribution in [-0.4, -0.2) is 46.1 Å². The lowest BCUT2D eigenvalue weighted by atomic mass is 9.83. The fourth-order valence-corrected chi connectivity index (χ4v) is 3.85. The van der Waals surface area contributed by atoms with Gasteiger partial charge in [0.25, 0.3) is 0 Å². The molecule has 3 amide bonds. The fourth-order valence-electron chi connectivity index (χ4n) is 3.85. The van der Waals surface area contributed by atoms with Gasteiger partial charge in [-0.2, -0.15) is 5.10 Å². The number of hydrazone groups is 1. The summed E-state index contributed by atoms with van der Waals surface area (Å²) >= 11 is 0. The Hall–Kier alpha value is -3.22. The summed E-state index contributed by atoms with van der Waals surface area (Å²) in [6, 6.07) is 9.48. The van der Waals surface area contributed by atoms with Crippen molar-refractivity contribution in [1.29, 1.82) is 0 Å². The minimum absolute atomic E-state index is 0.0176. The predicted octanol–water partition coefficient (Wildman–Crippen LogP) is 3.26. The van der Waals surface area contributed by atoms with E-state index in [1.54, 1.807) is 13.2 Å². The van der Waals surface area contributed by atoms with Crippen LogP contribution in [0.4, 0.5) is 10.5 Å². The number of nitrogens with zero attached hydrogens (tertiary/aromatic N) is 4. The molecule has 0 spiro atoms. The molecule has 2 aromatic rings. The lowest BCUT2D eigenvalue weighted by Gasteiger charge is -2.32. The second-order valence-corrected chi connectivity index (χ2v) is 8.26. The van der Waals surface area contributed by atoms with Crippen LogP contribution in [0.25, 0.3) is 0 Å². The standard InChI is InChI=1S/C22H25N5O2/c1-22(2)12-19(25-26(3)20(22)28)15-4-6-18(7-5-15)24-21(29)27-11-9-16-13-23-10-8-17(16)14-27/h4-8,10,13H,9,11-12,14H2,1-3H3,(H,24,29). The normalized spacial score (nSPS) is 18.2. The highest BCUT2D eigenvalue weighted by Crippen LogP contribution is 2.30. The van der Waals surface area contributed by atoms with E-state index in [2.05, 4.69) is 15.4 Å². The van der Waals surface area contributed by atoms with E-state index in [0.717, 1.165) is 28.9 Å². The molecule has 1 aromatic heterocycles. The summed E-state index contributed by atoms with van der Waals surface area (Å²) in [5, 5.41) is 8.80. The predicted molar refractivity (Wildman–Crippen MR) is 112 cm³/mol. The van der Waals surface area contributed by atoms with Crippen molar-refractivity contribution in [1.82, 2.24) is 14.9 Å². The maximum absolute atomic E-state index is 12.7. The van der Waals surface area contributed by atoms with Gasteiger partial charge >= 0.3 is 6.03 Å². The molecule has 0 fully saturated rings. The van der Waals surface area contributed by atoms with Crippen molar-refractivity contribution < 1.29 is 9.59 Å². The first-order chi connectivity index (χ1) is 13.8. The molecule has 3 heterocycles. The molecule has 1 aromatic carbocycles. The van der Waals surface area contributed by atoms with Crippen molar-refractivity contribution in [2.24, 2.45) is 10.5 Å². The highest BCUT2D eigenvalue weighted by molar-refractivity contribution is 6.06. The molecule has 29 heavy (non-hydrogen) atoms. The molecule has 0 bridgehead atoms. The van der Waals surface area contributed by atoms with E-state index >= 15 is 0 Å². The molecule has 0 saturated carbocycles. The molecule has 2 aliphatic heterocycles. The maximum Gasteiger partial charge on any atom is 0.322 e. The van der Waals surface area contributed by atoms with Gasteiger partial charge < -0.3 is 10.2 Å². The zero-order chi connectivity index (χ0) is 20.6. The highest BCUT2D eigenvalue weighted by Gasteiger charge is 2.36. The van der Waals surface area contributed by atoms with E-state index in [0.29, 0.717) is 19.5 Å². The van der Waals surface area contributed by atoms with Crippen LogP contribution in [0.1, 0.15) is 37.0 Å². The van der Waals surface area contributed by atoms with Crippen LogP contribution in [0.5, 0.6) is 0 Å². The third kappa shape index (κ3) is 3.85. The van der Waals surface area contributed by atoms with E-state index in [1.165, 1.54) is 10.6 Å². The Balaban J connectivity index is 1.43. The van der Waals surface area contributed by atoms with Crippen molar-refractivity contribution in [2.45, 2.75) is 33.2 Å². The van der Waals surface area contributed by atoms with Crippen LogP contribution in [0, 0.1) is 5.41 Å². The molecular weight excluding hydrogens is 366 g/mol. The number of nitrogens with one attached hydrogen (secondary N) is 1. The number of aromatic nitrogens is 1. The lowest BCUT2D eigenvalue weighted by Crippen LogP contribution is -2.42. The summed E-state index contributed by atoms with van der Waals surface area (Å²) < 4.78 is 0. The van der Waals surface area contributed by atoms with Crippen molar-refractivity contribution in [2.75, 3.05) is 18.9 Å². The summed E-state index contributed by atoms with van der Waals surface area (Å²) in [5.41, 5.74) is 4.44. The monoisotopic (exact) mass is 391 g/mol. The fraction of sp³-hybridized carbons (Fsp3) is 0.364. The minimum Gasteiger partial charge on any atom is -0.320 e. The van der Waals surface area contributed by atoms with Crippen LogP contribution in [0.2, 0.25) is 0 Å². The Labute approximate surface area is 170 Å². The van der Waals surface area contributed by atoms with E-state index in [9.17, 15) is 9.59 Å². The van der Waals surface area contributed by atoms with Gasteiger partial charge in [-0.1, -0.05) is 26.0 Å². The smallest absolute Gasteiger partial charge is 0.320 e. The van der Waals surface area contributed by atoms with Gasteiger partial charge in [0.2, 0.25) is 5.91 Å². The van der Waals surface area contributed by atoms with Crippen LogP contribution < -0.4 is 5.32 Å². The van der Waals surface area contributed by atoms with Gasteiger partial charge in [0.05, 0.1) is 11.1 Å². The Morgan fingerprint density at radius 3 is 2.62 bits per heavy atom. The second kappa shape index (κ2) is 7.31. The number of hydrogen-bond donors (Lipinski definition) is 1. The summed E-state index contributed by atoms with van der Waals surface area (Å²) in [6.07, 6.45) is 5.05. The van der Waals surface area contributed by atoms with Crippen molar-refractivity contribution >= 4 is 23.3 Å². The minimum atomic E-state index is -0.473. The molecule has 0 saturated heterocycles. The number of carbonyl (C=O) groups is 2. The van der Waals surface area contributed by atoms with Gasteiger partial charge in [-0.3, -0.25) is 9.78 Å². The number of carbonyl (C=O) groups excluding carboxylic acids is 2. The largest absolute Gasteiger partial charge is 0.322 e. The number of pyridine rings is 1. The quantitative estimate of drug-likeness (QED) is 0.853. The first-order valence-electron chi connectivity index (χ1n) is 9.77. The second-order valence-electron chi connectivity index (χ2n) is 8.26. The van der Waals surface area contributed by atoms with E-state index in [1.807, 2.05) is 55.3 Å². The Bertz CT molecular complexity index is 981. The lowest BCUT2D eigenvalue weighted by molar-refractivity contribution is -0.139. The Morgan fingerprint density at radius 1 is 1.14 bits per heavy atom. The number of benzene rings is 1. The number of amides is 3. The van der Waals surface area contributed by atoms with Crippen LogP contribution in [0.15, 0.2) is 47.8 Å². The van der Waals surface area contributed by atoms with Gasteiger partial charge in [-0.25, -0.2) is 9.80 Å². The van der Waals surface area contributed by atoms with Crippen LogP contribution in [0.3, 0.4) is 0 Å². The topological polar surface area (TPSA) is 77.9 Å². The van der Waals surface area contributed by atoms with Crippen LogP contribution >= 0.6 is 0 Å².